The lowest BCUT2D eigenvalue weighted by molar-refractivity contribution is 0.353. The van der Waals surface area contributed by atoms with Crippen molar-refractivity contribution in [2.24, 2.45) is 0 Å². The number of hydrogen-bond donors (Lipinski definition) is 0. The summed E-state index contributed by atoms with van der Waals surface area (Å²) in [6.45, 7) is 4.78. The minimum atomic E-state index is -0.109. The van der Waals surface area contributed by atoms with Crippen LogP contribution < -0.4 is 4.90 Å². The Morgan fingerprint density at radius 3 is 1.42 bits per heavy atom. The highest BCUT2D eigenvalue weighted by Crippen LogP contribution is 2.57. The van der Waals surface area contributed by atoms with E-state index < -0.39 is 0 Å². The molecular weight excluding hydrogens is 771 g/mol. The van der Waals surface area contributed by atoms with E-state index in [-0.39, 0.29) is 10.8 Å². The van der Waals surface area contributed by atoms with Crippen molar-refractivity contribution in [3.63, 3.8) is 0 Å². The molecule has 0 heterocycles. The molecular formula is C63H51N. The Kier molecular flexibility index (Phi) is 9.16. The maximum absolute atomic E-state index is 2.55. The molecule has 0 bridgehead atoms. The normalized spacial score (nSPS) is 15.0. The Bertz CT molecular complexity index is 3180. The van der Waals surface area contributed by atoms with Crippen LogP contribution in [0.25, 0.3) is 66.8 Å². The minimum absolute atomic E-state index is 0.0683. The summed E-state index contributed by atoms with van der Waals surface area (Å²) in [6, 6.07) is 79.4. The molecule has 0 saturated heterocycles. The van der Waals surface area contributed by atoms with Crippen LogP contribution in [0.2, 0.25) is 0 Å². The second kappa shape index (κ2) is 15.2. The number of fused-ring (bicyclic) bond motifs is 8. The first kappa shape index (κ1) is 38.5. The van der Waals surface area contributed by atoms with Gasteiger partial charge in [0.05, 0.1) is 0 Å². The number of benzene rings is 9. The molecule has 9 aromatic carbocycles. The van der Waals surface area contributed by atoms with Crippen molar-refractivity contribution < 1.29 is 0 Å². The topological polar surface area (TPSA) is 3.24 Å². The van der Waals surface area contributed by atoms with Crippen LogP contribution in [-0.4, -0.2) is 0 Å². The molecule has 9 aromatic rings. The number of hydrogen-bond acceptors (Lipinski definition) is 1. The summed E-state index contributed by atoms with van der Waals surface area (Å²) in [5, 5.41) is 0. The molecule has 1 fully saturated rings. The highest BCUT2D eigenvalue weighted by Gasteiger charge is 2.44. The maximum Gasteiger partial charge on any atom is 0.0467 e. The van der Waals surface area contributed by atoms with Gasteiger partial charge in [-0.3, -0.25) is 0 Å². The van der Waals surface area contributed by atoms with Crippen molar-refractivity contribution in [1.82, 2.24) is 0 Å². The third-order valence-electron chi connectivity index (χ3n) is 14.9. The van der Waals surface area contributed by atoms with Crippen LogP contribution in [0.15, 0.2) is 212 Å². The molecule has 0 aromatic heterocycles. The Hall–Kier alpha value is -7.22. The fourth-order valence-electron chi connectivity index (χ4n) is 11.8. The van der Waals surface area contributed by atoms with E-state index in [9.17, 15) is 0 Å². The lowest BCUT2D eigenvalue weighted by Gasteiger charge is -2.36. The quantitative estimate of drug-likeness (QED) is 0.155. The molecule has 1 saturated carbocycles. The summed E-state index contributed by atoms with van der Waals surface area (Å²) in [6.07, 6.45) is 6.28. The third kappa shape index (κ3) is 6.21. The lowest BCUT2D eigenvalue weighted by atomic mass is 9.68. The fourth-order valence-corrected chi connectivity index (χ4v) is 11.8. The van der Waals surface area contributed by atoms with Crippen LogP contribution in [0.1, 0.15) is 68.2 Å². The molecule has 1 heteroatoms. The summed E-state index contributed by atoms with van der Waals surface area (Å²) < 4.78 is 0. The predicted octanol–water partition coefficient (Wildman–Crippen LogP) is 17.4. The van der Waals surface area contributed by atoms with Gasteiger partial charge in [-0.25, -0.2) is 0 Å². The third-order valence-corrected chi connectivity index (χ3v) is 14.9. The Morgan fingerprint density at radius 2 is 0.766 bits per heavy atom. The molecule has 3 aliphatic rings. The molecule has 0 unspecified atom stereocenters. The lowest BCUT2D eigenvalue weighted by Crippen LogP contribution is -2.28. The van der Waals surface area contributed by atoms with Gasteiger partial charge < -0.3 is 4.90 Å². The fraction of sp³-hybridized carbons (Fsp3) is 0.143. The number of anilines is 3. The van der Waals surface area contributed by atoms with Gasteiger partial charge in [-0.1, -0.05) is 209 Å². The van der Waals surface area contributed by atoms with Gasteiger partial charge in [0.15, 0.2) is 0 Å². The Balaban J connectivity index is 0.936. The van der Waals surface area contributed by atoms with Crippen molar-refractivity contribution in [2.75, 3.05) is 4.90 Å². The van der Waals surface area contributed by atoms with E-state index in [4.69, 9.17) is 0 Å². The second-order valence-electron chi connectivity index (χ2n) is 18.8. The van der Waals surface area contributed by atoms with Gasteiger partial charge in [-0.2, -0.15) is 0 Å². The molecule has 0 N–H and O–H groups in total. The molecule has 0 radical (unpaired) electrons. The highest BCUT2D eigenvalue weighted by atomic mass is 15.1. The van der Waals surface area contributed by atoms with Gasteiger partial charge >= 0.3 is 0 Å². The molecule has 1 nitrogen and oxygen atoms in total. The van der Waals surface area contributed by atoms with Gasteiger partial charge in [-0.05, 0) is 138 Å². The zero-order chi connectivity index (χ0) is 42.8. The largest absolute Gasteiger partial charge is 0.310 e. The predicted molar refractivity (Wildman–Crippen MR) is 270 cm³/mol. The molecule has 1 spiro atoms. The first-order valence-electron chi connectivity index (χ1n) is 23.2. The molecule has 0 atom stereocenters. The summed E-state index contributed by atoms with van der Waals surface area (Å²) >= 11 is 0. The summed E-state index contributed by atoms with van der Waals surface area (Å²) in [4.78, 5) is 2.50. The second-order valence-corrected chi connectivity index (χ2v) is 18.8. The van der Waals surface area contributed by atoms with Crippen molar-refractivity contribution in [3.8, 4) is 66.8 Å². The molecule has 308 valence electrons. The van der Waals surface area contributed by atoms with Gasteiger partial charge in [0.25, 0.3) is 0 Å². The summed E-state index contributed by atoms with van der Waals surface area (Å²) in [7, 11) is 0. The van der Waals surface area contributed by atoms with Crippen molar-refractivity contribution in [1.29, 1.82) is 0 Å². The Morgan fingerprint density at radius 1 is 0.312 bits per heavy atom. The SMILES string of the molecule is CC1(C)c2ccccc2-c2cccc(-c3cccc(N(c4ccc(-c5ccc(-c6ccc(-c7ccccc7)cc6)cc5)cc4)c4ccc5c(c4)C4(CCCCC4)c4ccccc4-5)c3)c21. The summed E-state index contributed by atoms with van der Waals surface area (Å²) in [5.41, 5.74) is 24.7. The van der Waals surface area contributed by atoms with Crippen molar-refractivity contribution >= 4 is 17.1 Å². The zero-order valence-corrected chi connectivity index (χ0v) is 36.7. The minimum Gasteiger partial charge on any atom is -0.310 e. The number of nitrogens with zero attached hydrogens (tertiary/aromatic N) is 1. The van der Waals surface area contributed by atoms with Gasteiger partial charge in [0.2, 0.25) is 0 Å². The molecule has 12 rings (SSSR count). The van der Waals surface area contributed by atoms with Crippen LogP contribution in [-0.2, 0) is 10.8 Å². The van der Waals surface area contributed by atoms with E-state index in [1.165, 1.54) is 127 Å². The highest BCUT2D eigenvalue weighted by molar-refractivity contribution is 5.91. The average molecular weight is 822 g/mol. The Labute approximate surface area is 378 Å². The van der Waals surface area contributed by atoms with E-state index in [1.807, 2.05) is 0 Å². The molecule has 0 aliphatic heterocycles. The first-order chi connectivity index (χ1) is 31.5. The van der Waals surface area contributed by atoms with Gasteiger partial charge in [-0.15, -0.1) is 0 Å². The average Bonchev–Trinajstić information content (AvgIpc) is 3.76. The molecule has 64 heavy (non-hydrogen) atoms. The van der Waals surface area contributed by atoms with Gasteiger partial charge in [0, 0.05) is 27.9 Å². The van der Waals surface area contributed by atoms with E-state index >= 15 is 0 Å². The van der Waals surface area contributed by atoms with Crippen LogP contribution in [0.5, 0.6) is 0 Å². The molecule has 3 aliphatic carbocycles. The zero-order valence-electron chi connectivity index (χ0n) is 36.7. The molecule has 0 amide bonds. The van der Waals surface area contributed by atoms with E-state index in [1.54, 1.807) is 0 Å². The van der Waals surface area contributed by atoms with E-state index in [0.717, 1.165) is 11.4 Å². The number of rotatable bonds is 7. The monoisotopic (exact) mass is 821 g/mol. The van der Waals surface area contributed by atoms with Crippen LogP contribution in [0.3, 0.4) is 0 Å². The maximum atomic E-state index is 2.55. The van der Waals surface area contributed by atoms with Crippen LogP contribution in [0, 0.1) is 0 Å². The van der Waals surface area contributed by atoms with Gasteiger partial charge in [0.1, 0.15) is 0 Å². The standard InChI is InChI=1S/C63H51N/c1-62(2)58-23-9-7-20-55(58)57-22-14-21-53(61(57)62)49-17-13-18-51(41-49)64(52-37-38-56-54-19-8-10-24-59(54)63(60(56)42-52)39-11-4-12-40-63)50-35-33-48(34-36-50)47-31-29-46(30-32-47)45-27-25-44(26-28-45)43-15-5-3-6-16-43/h3,5-10,13-38,41-42H,4,11-12,39-40H2,1-2H3. The summed E-state index contributed by atoms with van der Waals surface area (Å²) in [5.74, 6) is 0. The van der Waals surface area contributed by atoms with Crippen molar-refractivity contribution in [3.05, 3.63) is 235 Å². The van der Waals surface area contributed by atoms with E-state index in [0.29, 0.717) is 0 Å². The van der Waals surface area contributed by atoms with Crippen LogP contribution >= 0.6 is 0 Å². The van der Waals surface area contributed by atoms with Crippen LogP contribution in [0.4, 0.5) is 17.1 Å². The van der Waals surface area contributed by atoms with Crippen molar-refractivity contribution in [2.45, 2.75) is 56.8 Å². The smallest absolute Gasteiger partial charge is 0.0467 e. The van der Waals surface area contributed by atoms with E-state index in [2.05, 4.69) is 231 Å². The first-order valence-corrected chi connectivity index (χ1v) is 23.2.